The lowest BCUT2D eigenvalue weighted by atomic mass is 9.54. The van der Waals surface area contributed by atoms with Crippen LogP contribution in [0.3, 0.4) is 0 Å². The molecule has 2 aliphatic heterocycles. The quantitative estimate of drug-likeness (QED) is 0.395. The Hall–Kier alpha value is -1.45. The van der Waals surface area contributed by atoms with Crippen LogP contribution in [0.15, 0.2) is 22.8 Å². The maximum atomic E-state index is 12.6. The highest BCUT2D eigenvalue weighted by Crippen LogP contribution is 2.60. The number of allylic oxidation sites excluding steroid dienone is 2. The topological polar surface area (TPSA) is 126 Å². The molecular formula is C22H29ClO8. The molecule has 31 heavy (non-hydrogen) atoms. The van der Waals surface area contributed by atoms with Crippen LogP contribution in [0, 0.1) is 23.2 Å². The van der Waals surface area contributed by atoms with Crippen molar-refractivity contribution in [3.8, 4) is 0 Å². The first-order valence-electron chi connectivity index (χ1n) is 10.5. The van der Waals surface area contributed by atoms with Crippen LogP contribution >= 0.6 is 11.6 Å². The molecule has 11 atom stereocenters. The first-order valence-corrected chi connectivity index (χ1v) is 10.9. The minimum absolute atomic E-state index is 0.0777. The van der Waals surface area contributed by atoms with Gasteiger partial charge in [-0.05, 0) is 25.3 Å². The van der Waals surface area contributed by atoms with Gasteiger partial charge in [0.05, 0.1) is 29.3 Å². The predicted molar refractivity (Wildman–Crippen MR) is 109 cm³/mol. The summed E-state index contributed by atoms with van der Waals surface area (Å²) in [6.07, 6.45) is -2.33. The molecule has 0 radical (unpaired) electrons. The molecule has 172 valence electrons. The fraction of sp³-hybridized carbons (Fsp3) is 0.727. The standard InChI is InChI=1S/C22H29ClO8/c1-8-6-7-12(25)21(5)13(9(2)15(26)16-19(21)30-16)17(29-11(4)24)22(28)10(3)20(27)31-18(22)14(8)23/h6-7,9-10,12-13,15-19,25-26,28H,1-5H3. The van der Waals surface area contributed by atoms with E-state index in [9.17, 15) is 24.9 Å². The van der Waals surface area contributed by atoms with E-state index in [1.165, 1.54) is 13.8 Å². The SMILES string of the molecule is CC(=O)OC1C2C(C)C(O)C3OC3C2(C)C(O)C=CC(C)=C(Cl)C2OC(=O)C(C)C21O. The van der Waals surface area contributed by atoms with Crippen molar-refractivity contribution in [1.29, 1.82) is 0 Å². The molecule has 2 saturated heterocycles. The molecule has 1 saturated carbocycles. The summed E-state index contributed by atoms with van der Waals surface area (Å²) in [6.45, 7) is 7.92. The Kier molecular flexibility index (Phi) is 5.34. The molecule has 3 N–H and O–H groups in total. The molecule has 2 aliphatic carbocycles. The number of epoxide rings is 1. The molecule has 0 aromatic rings. The van der Waals surface area contributed by atoms with Gasteiger partial charge in [-0.1, -0.05) is 37.6 Å². The van der Waals surface area contributed by atoms with Crippen molar-refractivity contribution in [3.63, 3.8) is 0 Å². The van der Waals surface area contributed by atoms with E-state index in [-0.39, 0.29) is 5.03 Å². The highest BCUT2D eigenvalue weighted by Gasteiger charge is 2.73. The van der Waals surface area contributed by atoms with Crippen LogP contribution in [0.5, 0.6) is 0 Å². The van der Waals surface area contributed by atoms with Gasteiger partial charge in [-0.15, -0.1) is 0 Å². The molecule has 3 fully saturated rings. The zero-order chi connectivity index (χ0) is 23.0. The third-order valence-electron chi connectivity index (χ3n) is 7.85. The molecule has 4 rings (SSSR count). The molecule has 2 heterocycles. The largest absolute Gasteiger partial charge is 0.459 e. The van der Waals surface area contributed by atoms with E-state index in [4.69, 9.17) is 25.8 Å². The number of carbonyl (C=O) groups excluding carboxylic acids is 2. The Morgan fingerprint density at radius 2 is 1.94 bits per heavy atom. The van der Waals surface area contributed by atoms with E-state index in [1.807, 2.05) is 0 Å². The van der Waals surface area contributed by atoms with Crippen molar-refractivity contribution in [2.24, 2.45) is 23.2 Å². The summed E-state index contributed by atoms with van der Waals surface area (Å²) in [5.41, 5.74) is -2.56. The van der Waals surface area contributed by atoms with E-state index >= 15 is 0 Å². The van der Waals surface area contributed by atoms with E-state index in [1.54, 1.807) is 32.9 Å². The van der Waals surface area contributed by atoms with Crippen molar-refractivity contribution < 1.29 is 39.1 Å². The fourth-order valence-corrected chi connectivity index (χ4v) is 6.14. The van der Waals surface area contributed by atoms with E-state index in [0.29, 0.717) is 5.57 Å². The summed E-state index contributed by atoms with van der Waals surface area (Å²) in [4.78, 5) is 24.8. The second-order valence-electron chi connectivity index (χ2n) is 9.55. The number of aliphatic hydroxyl groups is 3. The molecule has 8 nitrogen and oxygen atoms in total. The summed E-state index contributed by atoms with van der Waals surface area (Å²) >= 11 is 6.55. The van der Waals surface area contributed by atoms with Crippen LogP contribution in [0.4, 0.5) is 0 Å². The number of esters is 2. The first-order chi connectivity index (χ1) is 14.4. The maximum absolute atomic E-state index is 12.6. The van der Waals surface area contributed by atoms with Gasteiger partial charge in [0.1, 0.15) is 12.2 Å². The van der Waals surface area contributed by atoms with Crippen LogP contribution < -0.4 is 0 Å². The second kappa shape index (κ2) is 7.28. The minimum atomic E-state index is -2.02. The lowest BCUT2D eigenvalue weighted by molar-refractivity contribution is -0.213. The minimum Gasteiger partial charge on any atom is -0.459 e. The van der Waals surface area contributed by atoms with Crippen molar-refractivity contribution in [3.05, 3.63) is 22.8 Å². The number of rotatable bonds is 1. The number of fused-ring (bicyclic) bond motifs is 4. The zero-order valence-corrected chi connectivity index (χ0v) is 18.9. The Balaban J connectivity index is 1.99. The third-order valence-corrected chi connectivity index (χ3v) is 8.34. The third kappa shape index (κ3) is 3.03. The summed E-state index contributed by atoms with van der Waals surface area (Å²) in [5.74, 6) is -3.74. The molecule has 0 amide bonds. The molecule has 4 aliphatic rings. The lowest BCUT2D eigenvalue weighted by Crippen LogP contribution is -2.66. The first kappa shape index (κ1) is 22.7. The molecule has 11 unspecified atom stereocenters. The number of carbonyl (C=O) groups is 2. The summed E-state index contributed by atoms with van der Waals surface area (Å²) < 4.78 is 17.0. The van der Waals surface area contributed by atoms with Gasteiger partial charge >= 0.3 is 11.9 Å². The van der Waals surface area contributed by atoms with E-state index < -0.39 is 77.3 Å². The van der Waals surface area contributed by atoms with Crippen LogP contribution in [0.1, 0.15) is 34.6 Å². The molecule has 0 bridgehead atoms. The molecule has 0 spiro atoms. The monoisotopic (exact) mass is 456 g/mol. The van der Waals surface area contributed by atoms with E-state index in [2.05, 4.69) is 0 Å². The molecule has 9 heteroatoms. The Morgan fingerprint density at radius 3 is 2.55 bits per heavy atom. The van der Waals surface area contributed by atoms with Gasteiger partial charge in [-0.3, -0.25) is 9.59 Å². The van der Waals surface area contributed by atoms with Gasteiger partial charge in [-0.25, -0.2) is 0 Å². The average Bonchev–Trinajstić information content (AvgIpc) is 3.48. The smallest absolute Gasteiger partial charge is 0.312 e. The van der Waals surface area contributed by atoms with Crippen molar-refractivity contribution >= 4 is 23.5 Å². The number of aliphatic hydroxyl groups excluding tert-OH is 2. The zero-order valence-electron chi connectivity index (χ0n) is 18.1. The number of hydrogen-bond donors (Lipinski definition) is 3. The Morgan fingerprint density at radius 1 is 1.29 bits per heavy atom. The van der Waals surface area contributed by atoms with Gasteiger partial charge in [0, 0.05) is 18.3 Å². The highest BCUT2D eigenvalue weighted by atomic mass is 35.5. The van der Waals surface area contributed by atoms with Crippen molar-refractivity contribution in [1.82, 2.24) is 0 Å². The highest BCUT2D eigenvalue weighted by molar-refractivity contribution is 6.31. The average molecular weight is 457 g/mol. The molecule has 0 aromatic heterocycles. The summed E-state index contributed by atoms with van der Waals surface area (Å²) in [6, 6.07) is 0. The van der Waals surface area contributed by atoms with Crippen molar-refractivity contribution in [2.75, 3.05) is 0 Å². The van der Waals surface area contributed by atoms with Gasteiger partial charge in [-0.2, -0.15) is 0 Å². The number of halogens is 1. The van der Waals surface area contributed by atoms with Gasteiger partial charge in [0.2, 0.25) is 0 Å². The van der Waals surface area contributed by atoms with Crippen LogP contribution in [-0.4, -0.2) is 69.5 Å². The lowest BCUT2D eigenvalue weighted by Gasteiger charge is -2.53. The Bertz CT molecular complexity index is 870. The Labute approximate surface area is 185 Å². The molecular weight excluding hydrogens is 428 g/mol. The fourth-order valence-electron chi connectivity index (χ4n) is 5.86. The van der Waals surface area contributed by atoms with Crippen LogP contribution in [0.2, 0.25) is 0 Å². The summed E-state index contributed by atoms with van der Waals surface area (Å²) in [5, 5.41) is 34.2. The van der Waals surface area contributed by atoms with E-state index in [0.717, 1.165) is 0 Å². The predicted octanol–water partition coefficient (Wildman–Crippen LogP) is 1.05. The van der Waals surface area contributed by atoms with Crippen LogP contribution in [-0.2, 0) is 23.8 Å². The number of hydrogen-bond acceptors (Lipinski definition) is 8. The normalized spacial score (nSPS) is 51.4. The second-order valence-corrected chi connectivity index (χ2v) is 9.96. The van der Waals surface area contributed by atoms with Gasteiger partial charge < -0.3 is 29.5 Å². The van der Waals surface area contributed by atoms with Crippen molar-refractivity contribution in [2.45, 2.75) is 76.8 Å². The maximum Gasteiger partial charge on any atom is 0.312 e. The van der Waals surface area contributed by atoms with Crippen LogP contribution in [0.25, 0.3) is 0 Å². The van der Waals surface area contributed by atoms with Gasteiger partial charge in [0.15, 0.2) is 11.7 Å². The number of ether oxygens (including phenoxy) is 3. The van der Waals surface area contributed by atoms with Gasteiger partial charge in [0.25, 0.3) is 0 Å². The molecule has 0 aromatic carbocycles. The summed E-state index contributed by atoms with van der Waals surface area (Å²) in [7, 11) is 0.